The van der Waals surface area contributed by atoms with Crippen molar-refractivity contribution in [1.29, 1.82) is 0 Å². The average Bonchev–Trinajstić information content (AvgIpc) is 2.65. The average molecular weight is 270 g/mol. The van der Waals surface area contributed by atoms with Gasteiger partial charge in [-0.15, -0.1) is 10.6 Å². The molecule has 0 saturated heterocycles. The van der Waals surface area contributed by atoms with Crippen LogP contribution in [0.5, 0.6) is 0 Å². The molecule has 2 rings (SSSR count). The van der Waals surface area contributed by atoms with Crippen LogP contribution < -0.4 is 16.1 Å². The molecule has 0 spiro atoms. The smallest absolute Gasteiger partial charge is 0.151 e. The van der Waals surface area contributed by atoms with Crippen LogP contribution >= 0.6 is 15.9 Å². The van der Waals surface area contributed by atoms with Crippen LogP contribution in [0.4, 0.5) is 5.82 Å². The van der Waals surface area contributed by atoms with Crippen LogP contribution in [0.15, 0.2) is 27.9 Å². The molecule has 2 heterocycles. The topological polar surface area (TPSA) is 52.6 Å². The number of nitrogens with zero attached hydrogens (tertiary/aromatic N) is 3. The van der Waals surface area contributed by atoms with Crippen molar-refractivity contribution in [3.63, 3.8) is 0 Å². The van der Waals surface area contributed by atoms with Crippen molar-refractivity contribution in [3.8, 4) is 0 Å². The molecule has 0 radical (unpaired) electrons. The van der Waals surface area contributed by atoms with Gasteiger partial charge >= 0.3 is 0 Å². The van der Waals surface area contributed by atoms with Crippen molar-refractivity contribution in [2.75, 3.05) is 5.01 Å². The summed E-state index contributed by atoms with van der Waals surface area (Å²) in [7, 11) is 0. The Kier molecular flexibility index (Phi) is 2.88. The first-order chi connectivity index (χ1) is 7.18. The largest absolute Gasteiger partial charge is 0.224 e. The van der Waals surface area contributed by atoms with E-state index in [0.717, 1.165) is 16.3 Å². The van der Waals surface area contributed by atoms with Gasteiger partial charge in [0.2, 0.25) is 0 Å². The first kappa shape index (κ1) is 10.4. The summed E-state index contributed by atoms with van der Waals surface area (Å²) in [6.07, 6.45) is 0. The molecule has 0 bridgehead atoms. The lowest BCUT2D eigenvalue weighted by atomic mass is 10.2. The molecular weight excluding hydrogens is 258 g/mol. The number of aromatic nitrogens is 1. The van der Waals surface area contributed by atoms with Crippen LogP contribution in [0.3, 0.4) is 0 Å². The summed E-state index contributed by atoms with van der Waals surface area (Å²) in [6.45, 7) is 4.16. The fourth-order valence-electron chi connectivity index (χ4n) is 1.32. The van der Waals surface area contributed by atoms with E-state index in [2.05, 4.69) is 50.9 Å². The molecule has 5 nitrogen and oxygen atoms in total. The predicted octanol–water partition coefficient (Wildman–Crippen LogP) is 1.64. The number of amidine groups is 1. The highest BCUT2D eigenvalue weighted by atomic mass is 79.9. The van der Waals surface area contributed by atoms with Crippen molar-refractivity contribution >= 4 is 27.6 Å². The fourth-order valence-corrected chi connectivity index (χ4v) is 1.66. The Morgan fingerprint density at radius 1 is 1.40 bits per heavy atom. The Labute approximate surface area is 96.6 Å². The minimum absolute atomic E-state index is 0.327. The van der Waals surface area contributed by atoms with Crippen molar-refractivity contribution in [1.82, 2.24) is 16.1 Å². The minimum atomic E-state index is 0.327. The number of halogens is 1. The summed E-state index contributed by atoms with van der Waals surface area (Å²) in [5.41, 5.74) is 5.66. The molecule has 80 valence electrons. The van der Waals surface area contributed by atoms with Gasteiger partial charge in [0.25, 0.3) is 0 Å². The molecule has 0 saturated carbocycles. The van der Waals surface area contributed by atoms with Gasteiger partial charge in [0.1, 0.15) is 4.60 Å². The molecule has 0 atom stereocenters. The lowest BCUT2D eigenvalue weighted by Crippen LogP contribution is -2.43. The molecule has 0 aromatic carbocycles. The zero-order chi connectivity index (χ0) is 10.8. The van der Waals surface area contributed by atoms with E-state index < -0.39 is 0 Å². The monoisotopic (exact) mass is 269 g/mol. The van der Waals surface area contributed by atoms with Crippen molar-refractivity contribution in [3.05, 3.63) is 22.8 Å². The standard InChI is InChI=1S/C9H12BrN5/c1-6(2)9-12-13-14-15(9)8-5-3-4-7(10)11-8/h3-6,13-14H,1-2H3. The number of nitrogens with one attached hydrogen (secondary N) is 2. The highest BCUT2D eigenvalue weighted by Crippen LogP contribution is 2.17. The normalized spacial score (nSPS) is 15.5. The molecule has 1 aliphatic heterocycles. The van der Waals surface area contributed by atoms with E-state index in [4.69, 9.17) is 0 Å². The van der Waals surface area contributed by atoms with Crippen LogP contribution in [0, 0.1) is 5.92 Å². The summed E-state index contributed by atoms with van der Waals surface area (Å²) in [5.74, 6) is 2.05. The number of hydrogen-bond donors (Lipinski definition) is 2. The molecule has 0 aliphatic carbocycles. The van der Waals surface area contributed by atoms with Gasteiger partial charge in [-0.3, -0.25) is 0 Å². The zero-order valence-electron chi connectivity index (χ0n) is 8.53. The summed E-state index contributed by atoms with van der Waals surface area (Å²) in [4.78, 5) is 4.35. The van der Waals surface area contributed by atoms with Crippen LogP contribution in [0.2, 0.25) is 0 Å². The number of pyridine rings is 1. The first-order valence-corrected chi connectivity index (χ1v) is 5.48. The molecule has 0 fully saturated rings. The molecule has 1 aromatic rings. The summed E-state index contributed by atoms with van der Waals surface area (Å²) >= 11 is 3.34. The molecule has 0 amide bonds. The quantitative estimate of drug-likeness (QED) is 0.802. The number of anilines is 1. The predicted molar refractivity (Wildman–Crippen MR) is 63.0 cm³/mol. The first-order valence-electron chi connectivity index (χ1n) is 4.69. The van der Waals surface area contributed by atoms with E-state index in [9.17, 15) is 0 Å². The molecule has 0 unspecified atom stereocenters. The number of rotatable bonds is 2. The molecule has 6 heteroatoms. The van der Waals surface area contributed by atoms with Crippen molar-refractivity contribution < 1.29 is 0 Å². The van der Waals surface area contributed by atoms with Gasteiger partial charge < -0.3 is 0 Å². The SMILES string of the molecule is CC(C)C1=NNNN1c1cccc(Br)n1. The van der Waals surface area contributed by atoms with Gasteiger partial charge in [0.05, 0.1) is 0 Å². The van der Waals surface area contributed by atoms with Crippen molar-refractivity contribution in [2.45, 2.75) is 13.8 Å². The Morgan fingerprint density at radius 2 is 2.20 bits per heavy atom. The van der Waals surface area contributed by atoms with E-state index in [1.807, 2.05) is 23.2 Å². The van der Waals surface area contributed by atoms with Gasteiger partial charge in [-0.05, 0) is 28.1 Å². The Bertz CT molecular complexity index is 390. The maximum absolute atomic E-state index is 4.35. The Balaban J connectivity index is 2.28. The second-order valence-corrected chi connectivity index (χ2v) is 4.31. The van der Waals surface area contributed by atoms with Gasteiger partial charge in [0.15, 0.2) is 11.7 Å². The van der Waals surface area contributed by atoms with Gasteiger partial charge in [0, 0.05) is 5.92 Å². The lowest BCUT2D eigenvalue weighted by molar-refractivity contribution is 0.617. The fraction of sp³-hybridized carbons (Fsp3) is 0.333. The van der Waals surface area contributed by atoms with E-state index in [1.165, 1.54) is 0 Å². The molecular formula is C9H12BrN5. The van der Waals surface area contributed by atoms with Crippen LogP contribution in [0.25, 0.3) is 0 Å². The third-order valence-corrected chi connectivity index (χ3v) is 2.45. The maximum atomic E-state index is 4.35. The summed E-state index contributed by atoms with van der Waals surface area (Å²) < 4.78 is 0.803. The highest BCUT2D eigenvalue weighted by Gasteiger charge is 2.22. The van der Waals surface area contributed by atoms with Gasteiger partial charge in [-0.25, -0.2) is 15.5 Å². The van der Waals surface area contributed by atoms with E-state index >= 15 is 0 Å². The molecule has 2 N–H and O–H groups in total. The van der Waals surface area contributed by atoms with Gasteiger partial charge in [-0.2, -0.15) is 0 Å². The van der Waals surface area contributed by atoms with E-state index in [1.54, 1.807) is 0 Å². The Morgan fingerprint density at radius 3 is 2.87 bits per heavy atom. The van der Waals surface area contributed by atoms with Crippen LogP contribution in [0.1, 0.15) is 13.8 Å². The number of hydrazone groups is 1. The molecule has 1 aromatic heterocycles. The van der Waals surface area contributed by atoms with Crippen molar-refractivity contribution in [2.24, 2.45) is 11.0 Å². The second kappa shape index (κ2) is 4.16. The van der Waals surface area contributed by atoms with E-state index in [-0.39, 0.29) is 0 Å². The third-order valence-electron chi connectivity index (χ3n) is 2.01. The minimum Gasteiger partial charge on any atom is -0.224 e. The second-order valence-electron chi connectivity index (χ2n) is 3.50. The maximum Gasteiger partial charge on any atom is 0.151 e. The molecule has 1 aliphatic rings. The number of hydrazine groups is 2. The van der Waals surface area contributed by atoms with Crippen LogP contribution in [-0.2, 0) is 0 Å². The van der Waals surface area contributed by atoms with E-state index in [0.29, 0.717) is 5.92 Å². The number of hydrogen-bond acceptors (Lipinski definition) is 5. The third kappa shape index (κ3) is 2.10. The summed E-state index contributed by atoms with van der Waals surface area (Å²) in [5, 5.41) is 5.98. The summed E-state index contributed by atoms with van der Waals surface area (Å²) in [6, 6.07) is 5.74. The highest BCUT2D eigenvalue weighted by molar-refractivity contribution is 9.10. The van der Waals surface area contributed by atoms with Crippen LogP contribution in [-0.4, -0.2) is 10.8 Å². The molecule has 15 heavy (non-hydrogen) atoms. The van der Waals surface area contributed by atoms with Gasteiger partial charge in [-0.1, -0.05) is 19.9 Å². The zero-order valence-corrected chi connectivity index (χ0v) is 10.1. The lowest BCUT2D eigenvalue weighted by Gasteiger charge is -2.19. The Hall–Kier alpha value is -1.14.